The lowest BCUT2D eigenvalue weighted by molar-refractivity contribution is -0.141. The van der Waals surface area contributed by atoms with E-state index in [0.29, 0.717) is 5.69 Å². The van der Waals surface area contributed by atoms with Gasteiger partial charge in [-0.2, -0.15) is 5.10 Å². The van der Waals surface area contributed by atoms with E-state index in [1.54, 1.807) is 6.92 Å². The highest BCUT2D eigenvalue weighted by Gasteiger charge is 2.15. The molecule has 0 aliphatic rings. The maximum absolute atomic E-state index is 11.1. The van der Waals surface area contributed by atoms with Gasteiger partial charge < -0.3 is 10.1 Å². The molecule has 0 fully saturated rings. The molecule has 0 saturated carbocycles. The van der Waals surface area contributed by atoms with Crippen molar-refractivity contribution in [3.05, 3.63) is 21.6 Å². The molecule has 6 nitrogen and oxygen atoms in total. The third kappa shape index (κ3) is 2.69. The number of anilines is 1. The van der Waals surface area contributed by atoms with Crippen molar-refractivity contribution in [1.82, 2.24) is 10.2 Å². The molecular formula is C8H10ClN3O3. The summed E-state index contributed by atoms with van der Waals surface area (Å²) in [5, 5.41) is 8.38. The van der Waals surface area contributed by atoms with Crippen molar-refractivity contribution in [2.45, 2.75) is 13.0 Å². The van der Waals surface area contributed by atoms with Crippen LogP contribution in [0.4, 0.5) is 5.69 Å². The van der Waals surface area contributed by atoms with Crippen LogP contribution in [0.15, 0.2) is 11.0 Å². The van der Waals surface area contributed by atoms with Crippen molar-refractivity contribution in [2.75, 3.05) is 12.4 Å². The highest BCUT2D eigenvalue weighted by molar-refractivity contribution is 6.32. The summed E-state index contributed by atoms with van der Waals surface area (Å²) in [6.07, 6.45) is 1.32. The lowest BCUT2D eigenvalue weighted by atomic mass is 10.3. The first-order valence-corrected chi connectivity index (χ1v) is 4.51. The first-order valence-electron chi connectivity index (χ1n) is 4.13. The zero-order valence-corrected chi connectivity index (χ0v) is 8.96. The maximum Gasteiger partial charge on any atom is 0.327 e. The van der Waals surface area contributed by atoms with Crippen molar-refractivity contribution in [1.29, 1.82) is 0 Å². The highest BCUT2D eigenvalue weighted by Crippen LogP contribution is 2.15. The Kier molecular flexibility index (Phi) is 3.68. The average Bonchev–Trinajstić information content (AvgIpc) is 2.23. The van der Waals surface area contributed by atoms with Crippen LogP contribution >= 0.6 is 11.6 Å². The maximum atomic E-state index is 11.1. The lowest BCUT2D eigenvalue weighted by Crippen LogP contribution is -2.28. The number of methoxy groups -OCH3 is 1. The van der Waals surface area contributed by atoms with E-state index in [9.17, 15) is 9.59 Å². The quantitative estimate of drug-likeness (QED) is 0.736. The molecule has 0 aliphatic carbocycles. The van der Waals surface area contributed by atoms with Gasteiger partial charge in [-0.3, -0.25) is 4.79 Å². The minimum atomic E-state index is -0.601. The van der Waals surface area contributed by atoms with Crippen molar-refractivity contribution in [3.8, 4) is 0 Å². The molecular weight excluding hydrogens is 222 g/mol. The molecule has 0 amide bonds. The van der Waals surface area contributed by atoms with E-state index < -0.39 is 17.6 Å². The molecule has 7 heteroatoms. The van der Waals surface area contributed by atoms with E-state index in [1.807, 2.05) is 0 Å². The van der Waals surface area contributed by atoms with Gasteiger partial charge >= 0.3 is 5.97 Å². The fourth-order valence-corrected chi connectivity index (χ4v) is 1.10. The van der Waals surface area contributed by atoms with Gasteiger partial charge in [-0.05, 0) is 6.92 Å². The van der Waals surface area contributed by atoms with Gasteiger partial charge in [0.15, 0.2) is 0 Å². The van der Waals surface area contributed by atoms with E-state index in [-0.39, 0.29) is 5.02 Å². The van der Waals surface area contributed by atoms with Crippen molar-refractivity contribution in [3.63, 3.8) is 0 Å². The van der Waals surface area contributed by atoms with Gasteiger partial charge in [0.2, 0.25) is 0 Å². The number of aromatic amines is 1. The first kappa shape index (κ1) is 11.5. The summed E-state index contributed by atoms with van der Waals surface area (Å²) in [5.74, 6) is -0.452. The number of hydrogen-bond acceptors (Lipinski definition) is 5. The number of ether oxygens (including phenoxy) is 1. The van der Waals surface area contributed by atoms with Crippen LogP contribution < -0.4 is 10.9 Å². The van der Waals surface area contributed by atoms with Crippen molar-refractivity contribution >= 4 is 23.3 Å². The molecule has 15 heavy (non-hydrogen) atoms. The fraction of sp³-hybridized carbons (Fsp3) is 0.375. The molecule has 1 unspecified atom stereocenters. The Hall–Kier alpha value is -1.56. The normalized spacial score (nSPS) is 11.9. The van der Waals surface area contributed by atoms with Crippen LogP contribution in [0.25, 0.3) is 0 Å². The van der Waals surface area contributed by atoms with E-state index in [1.165, 1.54) is 13.3 Å². The molecule has 0 radical (unpaired) electrons. The second-order valence-corrected chi connectivity index (χ2v) is 3.19. The van der Waals surface area contributed by atoms with E-state index in [0.717, 1.165) is 0 Å². The van der Waals surface area contributed by atoms with Gasteiger partial charge in [-0.25, -0.2) is 9.89 Å². The molecule has 82 valence electrons. The minimum absolute atomic E-state index is 0.0410. The largest absolute Gasteiger partial charge is 0.467 e. The van der Waals surface area contributed by atoms with Crippen LogP contribution in [0.1, 0.15) is 6.92 Å². The van der Waals surface area contributed by atoms with Gasteiger partial charge in [-0.1, -0.05) is 11.6 Å². The Morgan fingerprint density at radius 3 is 3.00 bits per heavy atom. The van der Waals surface area contributed by atoms with Gasteiger partial charge in [0.1, 0.15) is 11.1 Å². The number of aromatic nitrogens is 2. The molecule has 1 aromatic rings. The van der Waals surface area contributed by atoms with Crippen molar-refractivity contribution < 1.29 is 9.53 Å². The Morgan fingerprint density at radius 1 is 1.73 bits per heavy atom. The van der Waals surface area contributed by atoms with Crippen LogP contribution in [0.3, 0.4) is 0 Å². The van der Waals surface area contributed by atoms with Gasteiger partial charge in [0.25, 0.3) is 5.56 Å². The molecule has 0 aliphatic heterocycles. The Morgan fingerprint density at radius 2 is 2.40 bits per heavy atom. The summed E-state index contributed by atoms with van der Waals surface area (Å²) >= 11 is 5.69. The van der Waals surface area contributed by atoms with E-state index in [4.69, 9.17) is 11.6 Å². The minimum Gasteiger partial charge on any atom is -0.467 e. The zero-order valence-electron chi connectivity index (χ0n) is 8.20. The van der Waals surface area contributed by atoms with Gasteiger partial charge in [0.05, 0.1) is 19.0 Å². The molecule has 1 rings (SSSR count). The third-order valence-corrected chi connectivity index (χ3v) is 2.10. The monoisotopic (exact) mass is 231 g/mol. The SMILES string of the molecule is COC(=O)C(C)Nc1cn[nH]c(=O)c1Cl. The third-order valence-electron chi connectivity index (χ3n) is 1.72. The summed E-state index contributed by atoms with van der Waals surface area (Å²) in [6.45, 7) is 1.59. The summed E-state index contributed by atoms with van der Waals surface area (Å²) in [7, 11) is 1.28. The number of nitrogens with one attached hydrogen (secondary N) is 2. The number of carbonyl (C=O) groups excluding carboxylic acids is 1. The summed E-state index contributed by atoms with van der Waals surface area (Å²) in [4.78, 5) is 22.1. The van der Waals surface area contributed by atoms with E-state index >= 15 is 0 Å². The Balaban J connectivity index is 2.86. The summed E-state index contributed by atoms with van der Waals surface area (Å²) in [5.41, 5.74) is -0.225. The number of carbonyl (C=O) groups is 1. The topological polar surface area (TPSA) is 84.1 Å². The summed E-state index contributed by atoms with van der Waals surface area (Å²) < 4.78 is 4.50. The molecule has 0 spiro atoms. The molecule has 0 aromatic carbocycles. The second kappa shape index (κ2) is 4.79. The number of nitrogens with zero attached hydrogens (tertiary/aromatic N) is 1. The van der Waals surface area contributed by atoms with Crippen LogP contribution in [0.2, 0.25) is 5.02 Å². The molecule has 1 atom stereocenters. The first-order chi connectivity index (χ1) is 7.06. The van der Waals surface area contributed by atoms with Crippen LogP contribution in [-0.4, -0.2) is 29.3 Å². The number of rotatable bonds is 3. The number of H-pyrrole nitrogens is 1. The molecule has 1 aromatic heterocycles. The van der Waals surface area contributed by atoms with E-state index in [2.05, 4.69) is 20.3 Å². The Bertz CT molecular complexity index is 418. The Labute approximate surface area is 90.6 Å². The average molecular weight is 232 g/mol. The molecule has 1 heterocycles. The van der Waals surface area contributed by atoms with Gasteiger partial charge in [-0.15, -0.1) is 0 Å². The number of halogens is 1. The molecule has 0 saturated heterocycles. The van der Waals surface area contributed by atoms with Crippen LogP contribution in [0, 0.1) is 0 Å². The predicted molar refractivity (Wildman–Crippen MR) is 55.0 cm³/mol. The fourth-order valence-electron chi connectivity index (χ4n) is 0.953. The molecule has 2 N–H and O–H groups in total. The number of hydrogen-bond donors (Lipinski definition) is 2. The van der Waals surface area contributed by atoms with Crippen LogP contribution in [-0.2, 0) is 9.53 Å². The predicted octanol–water partition coefficient (Wildman–Crippen LogP) is 0.397. The van der Waals surface area contributed by atoms with Gasteiger partial charge in [0, 0.05) is 0 Å². The number of esters is 1. The lowest BCUT2D eigenvalue weighted by Gasteiger charge is -2.12. The second-order valence-electron chi connectivity index (χ2n) is 2.82. The van der Waals surface area contributed by atoms with Crippen LogP contribution in [0.5, 0.6) is 0 Å². The zero-order chi connectivity index (χ0) is 11.4. The molecule has 0 bridgehead atoms. The summed E-state index contributed by atoms with van der Waals surface area (Å²) in [6, 6.07) is -0.601. The smallest absolute Gasteiger partial charge is 0.327 e. The highest BCUT2D eigenvalue weighted by atomic mass is 35.5. The van der Waals surface area contributed by atoms with Crippen molar-refractivity contribution in [2.24, 2.45) is 0 Å². The standard InChI is InChI=1S/C8H10ClN3O3/c1-4(8(14)15-2)11-5-3-10-12-7(13)6(5)9/h3-4H,1-2H3,(H2,11,12,13).